The first-order valence-corrected chi connectivity index (χ1v) is 9.05. The monoisotopic (exact) mass is 360 g/mol. The number of amides is 1. The molecule has 0 aliphatic heterocycles. The number of aryl methyl sites for hydroxylation is 1. The fourth-order valence-electron chi connectivity index (χ4n) is 2.11. The summed E-state index contributed by atoms with van der Waals surface area (Å²) in [6, 6.07) is 7.68. The molecule has 24 heavy (non-hydrogen) atoms. The SMILES string of the molecule is COc1ccccc1-n1ccnc1SCC(=O)Nc1nc(C)cs1. The third kappa shape index (κ3) is 3.77. The van der Waals surface area contributed by atoms with Crippen LogP contribution in [0.1, 0.15) is 5.69 Å². The Morgan fingerprint density at radius 2 is 2.25 bits per heavy atom. The van der Waals surface area contributed by atoms with Gasteiger partial charge in [0.05, 0.1) is 24.2 Å². The van der Waals surface area contributed by atoms with E-state index in [1.54, 1.807) is 13.3 Å². The van der Waals surface area contributed by atoms with Gasteiger partial charge in [0.1, 0.15) is 5.75 Å². The van der Waals surface area contributed by atoms with Gasteiger partial charge in [0.2, 0.25) is 5.91 Å². The zero-order chi connectivity index (χ0) is 16.9. The zero-order valence-electron chi connectivity index (χ0n) is 13.2. The van der Waals surface area contributed by atoms with Crippen molar-refractivity contribution in [3.8, 4) is 11.4 Å². The van der Waals surface area contributed by atoms with Gasteiger partial charge in [-0.3, -0.25) is 9.36 Å². The summed E-state index contributed by atoms with van der Waals surface area (Å²) in [7, 11) is 1.63. The molecular formula is C16H16N4O2S2. The van der Waals surface area contributed by atoms with Gasteiger partial charge in [-0.15, -0.1) is 11.3 Å². The lowest BCUT2D eigenvalue weighted by Gasteiger charge is -2.11. The highest BCUT2D eigenvalue weighted by molar-refractivity contribution is 7.99. The number of rotatable bonds is 6. The standard InChI is InChI=1S/C16H16N4O2S2/c1-11-9-23-15(18-11)19-14(21)10-24-16-17-7-8-20(16)12-5-3-4-6-13(12)22-2/h3-9H,10H2,1-2H3,(H,18,19,21). The Bertz CT molecular complexity index is 844. The number of para-hydroxylation sites is 2. The fraction of sp³-hybridized carbons (Fsp3) is 0.188. The predicted molar refractivity (Wildman–Crippen MR) is 96.3 cm³/mol. The number of aromatic nitrogens is 3. The fourth-order valence-corrected chi connectivity index (χ4v) is 3.58. The molecule has 3 aromatic rings. The van der Waals surface area contributed by atoms with Crippen LogP contribution in [0.4, 0.5) is 5.13 Å². The highest BCUT2D eigenvalue weighted by atomic mass is 32.2. The van der Waals surface area contributed by atoms with Crippen LogP contribution in [0.5, 0.6) is 5.75 Å². The van der Waals surface area contributed by atoms with Crippen molar-refractivity contribution in [1.82, 2.24) is 14.5 Å². The zero-order valence-corrected chi connectivity index (χ0v) is 14.9. The second-order valence-corrected chi connectivity index (χ2v) is 6.68. The molecule has 0 saturated heterocycles. The number of benzene rings is 1. The number of carbonyl (C=O) groups excluding carboxylic acids is 1. The molecular weight excluding hydrogens is 344 g/mol. The number of thioether (sulfide) groups is 1. The van der Waals surface area contributed by atoms with Gasteiger partial charge in [-0.25, -0.2) is 9.97 Å². The van der Waals surface area contributed by atoms with Crippen molar-refractivity contribution < 1.29 is 9.53 Å². The Morgan fingerprint density at radius 1 is 1.42 bits per heavy atom. The highest BCUT2D eigenvalue weighted by Gasteiger charge is 2.12. The van der Waals surface area contributed by atoms with Crippen LogP contribution in [-0.4, -0.2) is 33.3 Å². The summed E-state index contributed by atoms with van der Waals surface area (Å²) in [5.41, 5.74) is 1.78. The van der Waals surface area contributed by atoms with E-state index in [-0.39, 0.29) is 11.7 Å². The van der Waals surface area contributed by atoms with Crippen molar-refractivity contribution in [2.24, 2.45) is 0 Å². The molecule has 1 aromatic carbocycles. The summed E-state index contributed by atoms with van der Waals surface area (Å²) in [6.45, 7) is 1.89. The molecule has 0 atom stereocenters. The molecule has 0 spiro atoms. The first-order chi connectivity index (χ1) is 11.7. The minimum atomic E-state index is -0.107. The van der Waals surface area contributed by atoms with Gasteiger partial charge >= 0.3 is 0 Å². The van der Waals surface area contributed by atoms with Gasteiger partial charge in [0.25, 0.3) is 0 Å². The molecule has 3 rings (SSSR count). The summed E-state index contributed by atoms with van der Waals surface area (Å²) in [6.07, 6.45) is 3.55. The van der Waals surface area contributed by atoms with E-state index in [0.717, 1.165) is 22.3 Å². The van der Waals surface area contributed by atoms with Crippen molar-refractivity contribution in [3.63, 3.8) is 0 Å². The van der Waals surface area contributed by atoms with Crippen LogP contribution in [0.15, 0.2) is 47.2 Å². The molecule has 1 amide bonds. The van der Waals surface area contributed by atoms with Crippen LogP contribution in [-0.2, 0) is 4.79 Å². The number of methoxy groups -OCH3 is 1. The van der Waals surface area contributed by atoms with E-state index < -0.39 is 0 Å². The molecule has 0 unspecified atom stereocenters. The average Bonchev–Trinajstić information content (AvgIpc) is 3.21. The third-order valence-electron chi connectivity index (χ3n) is 3.15. The van der Waals surface area contributed by atoms with Crippen LogP contribution >= 0.6 is 23.1 Å². The maximum Gasteiger partial charge on any atom is 0.236 e. The maximum absolute atomic E-state index is 12.1. The molecule has 0 radical (unpaired) electrons. The Balaban J connectivity index is 1.68. The van der Waals surface area contributed by atoms with Crippen molar-refractivity contribution in [1.29, 1.82) is 0 Å². The predicted octanol–water partition coefficient (Wildman–Crippen LogP) is 3.38. The number of nitrogens with one attached hydrogen (secondary N) is 1. The molecule has 0 saturated carbocycles. The van der Waals surface area contributed by atoms with E-state index in [4.69, 9.17) is 4.74 Å². The molecule has 0 aliphatic carbocycles. The van der Waals surface area contributed by atoms with Crippen molar-refractivity contribution in [3.05, 3.63) is 47.7 Å². The van der Waals surface area contributed by atoms with Crippen molar-refractivity contribution in [2.45, 2.75) is 12.1 Å². The van der Waals surface area contributed by atoms with Crippen LogP contribution in [0, 0.1) is 6.92 Å². The normalized spacial score (nSPS) is 10.6. The Hall–Kier alpha value is -2.32. The molecule has 124 valence electrons. The Morgan fingerprint density at radius 3 is 3.00 bits per heavy atom. The number of imidazole rings is 1. The second kappa shape index (κ2) is 7.50. The molecule has 2 aromatic heterocycles. The van der Waals surface area contributed by atoms with E-state index in [0.29, 0.717) is 5.13 Å². The number of thiazole rings is 1. The number of nitrogens with zero attached hydrogens (tertiary/aromatic N) is 3. The summed E-state index contributed by atoms with van der Waals surface area (Å²) < 4.78 is 7.29. The number of ether oxygens (including phenoxy) is 1. The first-order valence-electron chi connectivity index (χ1n) is 7.19. The topological polar surface area (TPSA) is 69.0 Å². The van der Waals surface area contributed by atoms with Crippen LogP contribution in [0.25, 0.3) is 5.69 Å². The quantitative estimate of drug-likeness (QED) is 0.683. The third-order valence-corrected chi connectivity index (χ3v) is 4.99. The van der Waals surface area contributed by atoms with Crippen molar-refractivity contribution in [2.75, 3.05) is 18.2 Å². The van der Waals surface area contributed by atoms with Gasteiger partial charge in [0, 0.05) is 17.8 Å². The lowest BCUT2D eigenvalue weighted by molar-refractivity contribution is -0.113. The minimum absolute atomic E-state index is 0.107. The largest absolute Gasteiger partial charge is 0.495 e. The smallest absolute Gasteiger partial charge is 0.236 e. The Kier molecular flexibility index (Phi) is 5.17. The van der Waals surface area contributed by atoms with Gasteiger partial charge in [0.15, 0.2) is 10.3 Å². The molecule has 1 N–H and O–H groups in total. The van der Waals surface area contributed by atoms with E-state index in [1.165, 1.54) is 23.1 Å². The molecule has 0 aliphatic rings. The lowest BCUT2D eigenvalue weighted by atomic mass is 10.3. The summed E-state index contributed by atoms with van der Waals surface area (Å²) in [4.78, 5) is 20.6. The van der Waals surface area contributed by atoms with Crippen molar-refractivity contribution >= 4 is 34.1 Å². The Labute approximate surface area is 147 Å². The van der Waals surface area contributed by atoms with Gasteiger partial charge in [-0.05, 0) is 19.1 Å². The molecule has 0 bridgehead atoms. The number of carbonyl (C=O) groups is 1. The maximum atomic E-state index is 12.1. The van der Waals surface area contributed by atoms with E-state index in [9.17, 15) is 4.79 Å². The number of anilines is 1. The molecule has 2 heterocycles. The lowest BCUT2D eigenvalue weighted by Crippen LogP contribution is -2.14. The minimum Gasteiger partial charge on any atom is -0.495 e. The second-order valence-electron chi connectivity index (χ2n) is 4.88. The summed E-state index contributed by atoms with van der Waals surface area (Å²) in [5.74, 6) is 0.897. The first kappa shape index (κ1) is 16.5. The molecule has 6 nitrogen and oxygen atoms in total. The molecule has 8 heteroatoms. The average molecular weight is 360 g/mol. The summed E-state index contributed by atoms with van der Waals surface area (Å²) in [5, 5.41) is 6.04. The van der Waals surface area contributed by atoms with Gasteiger partial charge in [-0.2, -0.15) is 0 Å². The van der Waals surface area contributed by atoms with Gasteiger partial charge in [-0.1, -0.05) is 23.9 Å². The van der Waals surface area contributed by atoms with E-state index in [1.807, 2.05) is 47.3 Å². The van der Waals surface area contributed by atoms with Gasteiger partial charge < -0.3 is 10.1 Å². The number of hydrogen-bond donors (Lipinski definition) is 1. The van der Waals surface area contributed by atoms with Crippen LogP contribution in [0.3, 0.4) is 0 Å². The van der Waals surface area contributed by atoms with E-state index >= 15 is 0 Å². The highest BCUT2D eigenvalue weighted by Crippen LogP contribution is 2.27. The van der Waals surface area contributed by atoms with Crippen LogP contribution < -0.4 is 10.1 Å². The molecule has 0 fully saturated rings. The van der Waals surface area contributed by atoms with E-state index in [2.05, 4.69) is 15.3 Å². The van der Waals surface area contributed by atoms with Crippen LogP contribution in [0.2, 0.25) is 0 Å². The number of hydrogen-bond acceptors (Lipinski definition) is 6. The summed E-state index contributed by atoms with van der Waals surface area (Å²) >= 11 is 2.78.